The Morgan fingerprint density at radius 2 is 1.81 bits per heavy atom. The van der Waals surface area contributed by atoms with Gasteiger partial charge in [-0.15, -0.1) is 0 Å². The molecule has 21 heavy (non-hydrogen) atoms. The lowest BCUT2D eigenvalue weighted by atomic mass is 9.86. The van der Waals surface area contributed by atoms with Crippen LogP contribution in [0, 0.1) is 11.3 Å². The molecule has 0 aromatic heterocycles. The zero-order valence-electron chi connectivity index (χ0n) is 13.1. The van der Waals surface area contributed by atoms with E-state index in [1.54, 1.807) is 7.05 Å². The summed E-state index contributed by atoms with van der Waals surface area (Å²) in [4.78, 5) is 24.3. The number of nitrogens with one attached hydrogen (secondary N) is 2. The molecule has 0 heterocycles. The SMILES string of the molecule is CNC(=O)C(NC(=O)[C@H]1C[C@H]1c1ccccc1)C(C)(C)C. The summed E-state index contributed by atoms with van der Waals surface area (Å²) in [5.41, 5.74) is 0.886. The summed E-state index contributed by atoms with van der Waals surface area (Å²) in [6.45, 7) is 5.86. The molecule has 1 aromatic carbocycles. The number of hydrogen-bond acceptors (Lipinski definition) is 2. The molecule has 0 spiro atoms. The third-order valence-electron chi connectivity index (χ3n) is 4.02. The van der Waals surface area contributed by atoms with E-state index in [1.807, 2.05) is 39.0 Å². The van der Waals surface area contributed by atoms with Crippen molar-refractivity contribution in [1.82, 2.24) is 10.6 Å². The largest absolute Gasteiger partial charge is 0.357 e. The minimum Gasteiger partial charge on any atom is -0.357 e. The number of likely N-dealkylation sites (N-methyl/N-ethyl adjacent to an activating group) is 1. The van der Waals surface area contributed by atoms with Crippen molar-refractivity contribution in [2.45, 2.75) is 39.2 Å². The monoisotopic (exact) mass is 288 g/mol. The van der Waals surface area contributed by atoms with E-state index < -0.39 is 6.04 Å². The highest BCUT2D eigenvalue weighted by molar-refractivity contribution is 5.90. The predicted molar refractivity (Wildman–Crippen MR) is 82.7 cm³/mol. The Balaban J connectivity index is 2.00. The molecule has 1 fully saturated rings. The van der Waals surface area contributed by atoms with Crippen LogP contribution in [-0.2, 0) is 9.59 Å². The summed E-state index contributed by atoms with van der Waals surface area (Å²) in [5.74, 6) is 0.110. The van der Waals surface area contributed by atoms with Crippen LogP contribution in [0.15, 0.2) is 30.3 Å². The summed E-state index contributed by atoms with van der Waals surface area (Å²) in [6, 6.07) is 9.56. The van der Waals surface area contributed by atoms with Gasteiger partial charge in [0.1, 0.15) is 6.04 Å². The maximum Gasteiger partial charge on any atom is 0.242 e. The lowest BCUT2D eigenvalue weighted by molar-refractivity contribution is -0.131. The molecule has 2 rings (SSSR count). The molecule has 4 heteroatoms. The van der Waals surface area contributed by atoms with E-state index in [4.69, 9.17) is 0 Å². The van der Waals surface area contributed by atoms with E-state index in [1.165, 1.54) is 5.56 Å². The third kappa shape index (κ3) is 3.63. The quantitative estimate of drug-likeness (QED) is 0.891. The first kappa shape index (κ1) is 15.5. The van der Waals surface area contributed by atoms with Gasteiger partial charge in [-0.1, -0.05) is 51.1 Å². The fraction of sp³-hybridized carbons (Fsp3) is 0.529. The van der Waals surface area contributed by atoms with Gasteiger partial charge >= 0.3 is 0 Å². The van der Waals surface area contributed by atoms with Crippen molar-refractivity contribution in [3.05, 3.63) is 35.9 Å². The highest BCUT2D eigenvalue weighted by Gasteiger charge is 2.45. The van der Waals surface area contributed by atoms with Gasteiger partial charge in [0.2, 0.25) is 11.8 Å². The van der Waals surface area contributed by atoms with Crippen LogP contribution in [0.2, 0.25) is 0 Å². The number of benzene rings is 1. The number of amides is 2. The fourth-order valence-corrected chi connectivity index (χ4v) is 2.62. The summed E-state index contributed by atoms with van der Waals surface area (Å²) in [5, 5.41) is 5.54. The standard InChI is InChI=1S/C17H24N2O2/c1-17(2,3)14(16(21)18-4)19-15(20)13-10-12(13)11-8-6-5-7-9-11/h5-9,12-14H,10H2,1-4H3,(H,18,21)(H,19,20)/t12-,13-,14?/m0/s1. The van der Waals surface area contributed by atoms with Crippen LogP contribution in [0.1, 0.15) is 38.7 Å². The van der Waals surface area contributed by atoms with Gasteiger partial charge in [0.25, 0.3) is 0 Å². The first-order valence-corrected chi connectivity index (χ1v) is 7.41. The Labute approximate surface area is 126 Å². The second-order valence-electron chi connectivity index (χ2n) is 6.78. The second-order valence-corrected chi connectivity index (χ2v) is 6.78. The topological polar surface area (TPSA) is 58.2 Å². The molecule has 2 amide bonds. The molecular formula is C17H24N2O2. The van der Waals surface area contributed by atoms with E-state index in [-0.39, 0.29) is 29.1 Å². The lowest BCUT2D eigenvalue weighted by Crippen LogP contribution is -2.53. The van der Waals surface area contributed by atoms with Crippen molar-refractivity contribution in [2.75, 3.05) is 7.05 Å². The summed E-state index contributed by atoms with van der Waals surface area (Å²) in [7, 11) is 1.59. The van der Waals surface area contributed by atoms with Crippen LogP contribution >= 0.6 is 0 Å². The van der Waals surface area contributed by atoms with Gasteiger partial charge in [-0.05, 0) is 23.3 Å². The summed E-state index contributed by atoms with van der Waals surface area (Å²) in [6.07, 6.45) is 0.862. The van der Waals surface area contributed by atoms with E-state index >= 15 is 0 Å². The van der Waals surface area contributed by atoms with E-state index in [2.05, 4.69) is 22.8 Å². The smallest absolute Gasteiger partial charge is 0.242 e. The molecule has 4 nitrogen and oxygen atoms in total. The molecule has 1 saturated carbocycles. The average molecular weight is 288 g/mol. The van der Waals surface area contributed by atoms with Crippen molar-refractivity contribution in [3.8, 4) is 0 Å². The Morgan fingerprint density at radius 3 is 2.33 bits per heavy atom. The number of rotatable bonds is 4. The zero-order chi connectivity index (χ0) is 15.6. The summed E-state index contributed by atoms with van der Waals surface area (Å²) >= 11 is 0. The van der Waals surface area contributed by atoms with Crippen molar-refractivity contribution < 1.29 is 9.59 Å². The molecule has 1 aliphatic carbocycles. The van der Waals surface area contributed by atoms with Gasteiger partial charge in [-0.3, -0.25) is 9.59 Å². The molecule has 1 unspecified atom stereocenters. The Morgan fingerprint density at radius 1 is 1.19 bits per heavy atom. The minimum absolute atomic E-state index is 0.0121. The van der Waals surface area contributed by atoms with Crippen molar-refractivity contribution in [2.24, 2.45) is 11.3 Å². The van der Waals surface area contributed by atoms with Crippen LogP contribution in [-0.4, -0.2) is 24.9 Å². The van der Waals surface area contributed by atoms with E-state index in [0.29, 0.717) is 0 Å². The maximum atomic E-state index is 12.4. The zero-order valence-corrected chi connectivity index (χ0v) is 13.1. The van der Waals surface area contributed by atoms with Crippen molar-refractivity contribution in [3.63, 3.8) is 0 Å². The van der Waals surface area contributed by atoms with Gasteiger partial charge < -0.3 is 10.6 Å². The van der Waals surface area contributed by atoms with E-state index in [9.17, 15) is 9.59 Å². The Kier molecular flexibility index (Phi) is 4.35. The first-order chi connectivity index (χ1) is 9.84. The minimum atomic E-state index is -0.507. The van der Waals surface area contributed by atoms with Crippen LogP contribution in [0.5, 0.6) is 0 Å². The molecule has 0 saturated heterocycles. The van der Waals surface area contributed by atoms with Gasteiger partial charge in [-0.2, -0.15) is 0 Å². The van der Waals surface area contributed by atoms with E-state index in [0.717, 1.165) is 6.42 Å². The summed E-state index contributed by atoms with van der Waals surface area (Å²) < 4.78 is 0. The molecule has 1 aliphatic rings. The number of carbonyl (C=O) groups is 2. The molecule has 1 aromatic rings. The van der Waals surface area contributed by atoms with Gasteiger partial charge in [0.05, 0.1) is 0 Å². The maximum absolute atomic E-state index is 12.4. The third-order valence-corrected chi connectivity index (χ3v) is 4.02. The van der Waals surface area contributed by atoms with Crippen LogP contribution < -0.4 is 10.6 Å². The number of hydrogen-bond donors (Lipinski definition) is 2. The highest BCUT2D eigenvalue weighted by atomic mass is 16.2. The highest BCUT2D eigenvalue weighted by Crippen LogP contribution is 2.47. The molecule has 114 valence electrons. The normalized spacial score (nSPS) is 22.3. The molecule has 2 N–H and O–H groups in total. The molecule has 3 atom stereocenters. The van der Waals surface area contributed by atoms with Crippen molar-refractivity contribution >= 4 is 11.8 Å². The lowest BCUT2D eigenvalue weighted by Gasteiger charge is -2.30. The molecular weight excluding hydrogens is 264 g/mol. The molecule has 0 bridgehead atoms. The number of carbonyl (C=O) groups excluding carboxylic acids is 2. The fourth-order valence-electron chi connectivity index (χ4n) is 2.62. The first-order valence-electron chi connectivity index (χ1n) is 7.41. The van der Waals surface area contributed by atoms with Crippen molar-refractivity contribution in [1.29, 1.82) is 0 Å². The Hall–Kier alpha value is -1.84. The van der Waals surface area contributed by atoms with Gasteiger partial charge in [0.15, 0.2) is 0 Å². The second kappa shape index (κ2) is 5.88. The van der Waals surface area contributed by atoms with Crippen LogP contribution in [0.25, 0.3) is 0 Å². The predicted octanol–water partition coefficient (Wildman–Crippen LogP) is 2.07. The van der Waals surface area contributed by atoms with Crippen LogP contribution in [0.4, 0.5) is 0 Å². The average Bonchev–Trinajstić information content (AvgIpc) is 3.24. The molecule has 0 radical (unpaired) electrons. The Bertz CT molecular complexity index is 519. The van der Waals surface area contributed by atoms with Crippen LogP contribution in [0.3, 0.4) is 0 Å². The molecule has 0 aliphatic heterocycles. The van der Waals surface area contributed by atoms with Gasteiger partial charge in [-0.25, -0.2) is 0 Å². The van der Waals surface area contributed by atoms with Gasteiger partial charge in [0, 0.05) is 13.0 Å².